The van der Waals surface area contributed by atoms with Crippen LogP contribution in [0.3, 0.4) is 0 Å². The van der Waals surface area contributed by atoms with Gasteiger partial charge in [-0.2, -0.15) is 0 Å². The monoisotopic (exact) mass is 1090 g/mol. The van der Waals surface area contributed by atoms with E-state index < -0.39 is 0 Å². The predicted octanol–water partition coefficient (Wildman–Crippen LogP) is 26.7. The van der Waals surface area contributed by atoms with Crippen LogP contribution in [0.4, 0.5) is 4.79 Å². The zero-order valence-corrected chi connectivity index (χ0v) is 54.3. The number of hydroxylamine groups is 2. The summed E-state index contributed by atoms with van der Waals surface area (Å²) in [7, 11) is 0. The third-order valence-corrected chi connectivity index (χ3v) is 17.6. The first-order valence-electron chi connectivity index (χ1n) is 36.9. The van der Waals surface area contributed by atoms with E-state index >= 15 is 0 Å². The second-order valence-corrected chi connectivity index (χ2v) is 25.5. The predicted molar refractivity (Wildman–Crippen MR) is 348 cm³/mol. The van der Waals surface area contributed by atoms with Crippen molar-refractivity contribution in [1.82, 2.24) is 9.96 Å². The van der Waals surface area contributed by atoms with Crippen molar-refractivity contribution < 1.29 is 9.63 Å². The maximum Gasteiger partial charge on any atom is 0.428 e. The average Bonchev–Trinajstić information content (AvgIpc) is 3.43. The number of rotatable bonds is 69. The molecule has 0 N–H and O–H groups in total. The molecule has 0 bridgehead atoms. The van der Waals surface area contributed by atoms with Crippen LogP contribution in [0.25, 0.3) is 0 Å². The maximum absolute atomic E-state index is 14.1. The van der Waals surface area contributed by atoms with E-state index in [1.54, 1.807) is 0 Å². The minimum absolute atomic E-state index is 0.0556. The van der Waals surface area contributed by atoms with E-state index in [9.17, 15) is 4.79 Å². The van der Waals surface area contributed by atoms with Crippen LogP contribution in [0, 0.1) is 0 Å². The Balaban J connectivity index is 4.95. The van der Waals surface area contributed by atoms with Crippen molar-refractivity contribution >= 4 is 6.09 Å². The normalized spacial score (nSPS) is 11.7. The molecule has 0 aromatic rings. The van der Waals surface area contributed by atoms with Crippen molar-refractivity contribution in [2.45, 2.75) is 439 Å². The van der Waals surface area contributed by atoms with E-state index in [2.05, 4.69) is 37.7 Å². The molecule has 1 amide bonds. The van der Waals surface area contributed by atoms with Crippen LogP contribution in [0.15, 0.2) is 0 Å². The smallest absolute Gasteiger partial charge is 0.351 e. The fourth-order valence-corrected chi connectivity index (χ4v) is 12.0. The first-order valence-corrected chi connectivity index (χ1v) is 36.9. The Bertz CT molecular complexity index is 978. The van der Waals surface area contributed by atoms with Gasteiger partial charge in [0.2, 0.25) is 0 Å². The lowest BCUT2D eigenvalue weighted by molar-refractivity contribution is -0.114. The molecule has 0 aliphatic carbocycles. The van der Waals surface area contributed by atoms with Crippen LogP contribution in [-0.2, 0) is 4.84 Å². The first-order chi connectivity index (χ1) is 38.2. The van der Waals surface area contributed by atoms with Gasteiger partial charge in [0, 0.05) is 26.2 Å². The fourth-order valence-electron chi connectivity index (χ4n) is 12.0. The lowest BCUT2D eigenvalue weighted by Gasteiger charge is -2.27. The van der Waals surface area contributed by atoms with Crippen LogP contribution < -0.4 is 0 Å². The Morgan fingerprint density at radius 3 is 0.481 bits per heavy atom. The zero-order valence-electron chi connectivity index (χ0n) is 54.3. The largest absolute Gasteiger partial charge is 0.428 e. The summed E-state index contributed by atoms with van der Waals surface area (Å²) in [5, 5.41) is 2.12. The standard InChI is InChI=1S/C73H148N2O2/c1-5-9-13-17-21-25-29-33-37-41-45-49-53-57-61-65-69-74(70-66-62-58-54-50-46-42-38-34-30-26-22-18-14-10-6-2)73(76)77-75(71-67-63-59-55-51-47-43-39-35-31-27-23-19-15-11-7-3)72-68-64-60-56-52-48-44-40-36-32-28-24-20-16-12-8-4/h5-72H2,1-4H3. The second kappa shape index (κ2) is 69.5. The number of hydrogen-bond acceptors (Lipinski definition) is 3. The molecule has 0 radical (unpaired) electrons. The van der Waals surface area contributed by atoms with Crippen LogP contribution in [0.2, 0.25) is 0 Å². The summed E-state index contributed by atoms with van der Waals surface area (Å²) in [5.74, 6) is 0. The van der Waals surface area contributed by atoms with Crippen LogP contribution in [0.1, 0.15) is 439 Å². The fraction of sp³-hybridized carbons (Fsp3) is 0.986. The molecule has 0 aliphatic rings. The molecule has 0 aromatic heterocycles. The molecule has 0 aromatic carbocycles. The summed E-state index contributed by atoms with van der Waals surface area (Å²) >= 11 is 0. The van der Waals surface area contributed by atoms with Gasteiger partial charge in [-0.25, -0.2) is 4.79 Å². The van der Waals surface area contributed by atoms with Gasteiger partial charge in [0.15, 0.2) is 0 Å². The van der Waals surface area contributed by atoms with E-state index in [1.165, 1.54) is 385 Å². The number of unbranched alkanes of at least 4 members (excludes halogenated alkanes) is 60. The number of carbonyl (C=O) groups excluding carboxylic acids is 1. The highest BCUT2D eigenvalue weighted by atomic mass is 16.7. The Labute approximate surface area is 488 Å². The molecule has 4 nitrogen and oxygen atoms in total. The number of carbonyl (C=O) groups is 1. The zero-order chi connectivity index (χ0) is 55.5. The van der Waals surface area contributed by atoms with E-state index in [-0.39, 0.29) is 6.09 Å². The topological polar surface area (TPSA) is 32.8 Å². The van der Waals surface area contributed by atoms with Crippen molar-refractivity contribution in [3.8, 4) is 0 Å². The minimum atomic E-state index is -0.0556. The molecule has 0 rings (SSSR count). The lowest BCUT2D eigenvalue weighted by Crippen LogP contribution is -2.39. The van der Waals surface area contributed by atoms with E-state index in [0.717, 1.165) is 51.9 Å². The highest BCUT2D eigenvalue weighted by Gasteiger charge is 2.19. The van der Waals surface area contributed by atoms with Crippen molar-refractivity contribution in [3.63, 3.8) is 0 Å². The van der Waals surface area contributed by atoms with Gasteiger partial charge >= 0.3 is 6.09 Å². The van der Waals surface area contributed by atoms with E-state index in [1.807, 2.05) is 0 Å². The second-order valence-electron chi connectivity index (χ2n) is 25.5. The highest BCUT2D eigenvalue weighted by Crippen LogP contribution is 2.20. The summed E-state index contributed by atoms with van der Waals surface area (Å²) in [6, 6.07) is 0. The molecule has 0 fully saturated rings. The average molecular weight is 1090 g/mol. The van der Waals surface area contributed by atoms with E-state index in [4.69, 9.17) is 4.84 Å². The molecule has 0 spiro atoms. The maximum atomic E-state index is 14.1. The third kappa shape index (κ3) is 64.3. The van der Waals surface area contributed by atoms with Crippen molar-refractivity contribution in [1.29, 1.82) is 0 Å². The molecular weight excluding hydrogens is 937 g/mol. The minimum Gasteiger partial charge on any atom is -0.351 e. The summed E-state index contributed by atoms with van der Waals surface area (Å²) in [6.45, 7) is 12.8. The number of nitrogens with zero attached hydrogens (tertiary/aromatic N) is 2. The van der Waals surface area contributed by atoms with Crippen molar-refractivity contribution in [2.75, 3.05) is 26.2 Å². The van der Waals surface area contributed by atoms with Crippen LogP contribution in [0.5, 0.6) is 0 Å². The van der Waals surface area contributed by atoms with Gasteiger partial charge in [-0.3, -0.25) is 0 Å². The molecule has 462 valence electrons. The van der Waals surface area contributed by atoms with Gasteiger partial charge in [-0.15, -0.1) is 5.06 Å². The molecule has 77 heavy (non-hydrogen) atoms. The first kappa shape index (κ1) is 76.2. The number of hydrogen-bond donors (Lipinski definition) is 0. The van der Waals surface area contributed by atoms with E-state index in [0.29, 0.717) is 0 Å². The number of amides is 1. The molecule has 4 heteroatoms. The summed E-state index contributed by atoms with van der Waals surface area (Å²) in [5.41, 5.74) is 0. The summed E-state index contributed by atoms with van der Waals surface area (Å²) in [6.07, 6.45) is 88.6. The molecule has 0 unspecified atom stereocenters. The van der Waals surface area contributed by atoms with Crippen molar-refractivity contribution in [2.24, 2.45) is 0 Å². The highest BCUT2D eigenvalue weighted by molar-refractivity contribution is 5.67. The van der Waals surface area contributed by atoms with Gasteiger partial charge in [0.05, 0.1) is 0 Å². The SMILES string of the molecule is CCCCCCCCCCCCCCCCCCN(CCCCCCCCCCCCCCCCCC)OC(=O)N(CCCCCCCCCCCCCCCCCC)CCCCCCCCCCCCCCCCCC. The van der Waals surface area contributed by atoms with Gasteiger partial charge in [-0.05, 0) is 25.7 Å². The molecule has 0 saturated heterocycles. The quantitative estimate of drug-likeness (QED) is 0.0449. The van der Waals surface area contributed by atoms with Crippen molar-refractivity contribution in [3.05, 3.63) is 0 Å². The summed E-state index contributed by atoms with van der Waals surface area (Å²) in [4.78, 5) is 22.7. The van der Waals surface area contributed by atoms with Crippen LogP contribution >= 0.6 is 0 Å². The lowest BCUT2D eigenvalue weighted by atomic mass is 10.0. The molecule has 0 atom stereocenters. The molecule has 0 saturated carbocycles. The Hall–Kier alpha value is -0.770. The molecule has 0 aliphatic heterocycles. The van der Waals surface area contributed by atoms with Gasteiger partial charge in [0.25, 0.3) is 0 Å². The summed E-state index contributed by atoms with van der Waals surface area (Å²) < 4.78 is 0. The third-order valence-electron chi connectivity index (χ3n) is 17.6. The van der Waals surface area contributed by atoms with Crippen LogP contribution in [-0.4, -0.2) is 42.2 Å². The Morgan fingerprint density at radius 1 is 0.195 bits per heavy atom. The Kier molecular flexibility index (Phi) is 68.8. The molecular formula is C73H148N2O2. The van der Waals surface area contributed by atoms with Gasteiger partial charge < -0.3 is 9.74 Å². The van der Waals surface area contributed by atoms with Gasteiger partial charge in [-0.1, -0.05) is 413 Å². The van der Waals surface area contributed by atoms with Gasteiger partial charge in [0.1, 0.15) is 0 Å². The molecule has 0 heterocycles. The Morgan fingerprint density at radius 2 is 0.325 bits per heavy atom.